The molecule has 3 fully saturated rings. The predicted octanol–water partition coefficient (Wildman–Crippen LogP) is 4.75. The molecule has 3 aliphatic rings. The second-order valence-electron chi connectivity index (χ2n) is 10.5. The fraction of sp³-hybridized carbons (Fsp3) is 1.00. The molecule has 0 radical (unpaired) electrons. The van der Waals surface area contributed by atoms with Gasteiger partial charge in [0.1, 0.15) is 0 Å². The van der Waals surface area contributed by atoms with Crippen molar-refractivity contribution in [3.05, 3.63) is 0 Å². The fourth-order valence-electron chi connectivity index (χ4n) is 8.00. The molecule has 4 nitrogen and oxygen atoms in total. The molecule has 2 saturated carbocycles. The Kier molecular flexibility index (Phi) is 5.01. The van der Waals surface area contributed by atoms with Gasteiger partial charge in [-0.05, 0) is 43.7 Å². The van der Waals surface area contributed by atoms with Crippen molar-refractivity contribution in [3.63, 3.8) is 0 Å². The topological polar surface area (TPSA) is 46.6 Å². The molecule has 0 spiro atoms. The number of nitrogens with zero attached hydrogens (tertiary/aromatic N) is 1. The molecule has 2 aliphatic carbocycles. The van der Waals surface area contributed by atoms with Crippen molar-refractivity contribution in [2.24, 2.45) is 34.5 Å². The molecular weight excluding hydrogens is 377 g/mol. The zero-order valence-electron chi connectivity index (χ0n) is 18.9. The third-order valence-electron chi connectivity index (χ3n) is 9.00. The van der Waals surface area contributed by atoms with E-state index < -0.39 is 10.1 Å². The highest BCUT2D eigenvalue weighted by molar-refractivity contribution is 7.86. The van der Waals surface area contributed by atoms with Gasteiger partial charge in [-0.3, -0.25) is 8.85 Å². The summed E-state index contributed by atoms with van der Waals surface area (Å²) in [5, 5.41) is 0. The highest BCUT2D eigenvalue weighted by atomic mass is 32.2. The van der Waals surface area contributed by atoms with Gasteiger partial charge in [-0.2, -0.15) is 8.42 Å². The minimum Gasteiger partial charge on any atom is -0.271 e. The normalized spacial score (nSPS) is 50.7. The van der Waals surface area contributed by atoms with Gasteiger partial charge in [0.05, 0.1) is 12.4 Å². The van der Waals surface area contributed by atoms with Gasteiger partial charge in [0.15, 0.2) is 0 Å². The van der Waals surface area contributed by atoms with E-state index >= 15 is 0 Å². The molecular formula is C21H40NO3PS. The van der Waals surface area contributed by atoms with Crippen LogP contribution in [0.25, 0.3) is 0 Å². The van der Waals surface area contributed by atoms with Gasteiger partial charge in [-0.1, -0.05) is 63.6 Å². The second-order valence-corrected chi connectivity index (χ2v) is 13.5. The second kappa shape index (κ2) is 6.15. The van der Waals surface area contributed by atoms with Gasteiger partial charge >= 0.3 is 0 Å². The molecule has 9 atom stereocenters. The highest BCUT2D eigenvalue weighted by Crippen LogP contribution is 2.88. The molecule has 158 valence electrons. The van der Waals surface area contributed by atoms with Crippen molar-refractivity contribution in [2.45, 2.75) is 85.9 Å². The Morgan fingerprint density at radius 1 is 1.00 bits per heavy atom. The van der Waals surface area contributed by atoms with Crippen LogP contribution in [0.4, 0.5) is 0 Å². The molecule has 0 amide bonds. The van der Waals surface area contributed by atoms with E-state index in [9.17, 15) is 8.42 Å². The maximum Gasteiger partial charge on any atom is 0.264 e. The van der Waals surface area contributed by atoms with Gasteiger partial charge in [0.2, 0.25) is 0 Å². The Bertz CT molecular complexity index is 727. The Balaban J connectivity index is 2.20. The molecule has 0 N–H and O–H groups in total. The van der Waals surface area contributed by atoms with Gasteiger partial charge in [-0.25, -0.2) is 0 Å². The van der Waals surface area contributed by atoms with Crippen molar-refractivity contribution >= 4 is 18.8 Å². The number of hydrogen-bond acceptors (Lipinski definition) is 4. The molecule has 27 heavy (non-hydrogen) atoms. The summed E-state index contributed by atoms with van der Waals surface area (Å²) < 4.78 is 33.4. The lowest BCUT2D eigenvalue weighted by molar-refractivity contribution is -0.0200. The summed E-state index contributed by atoms with van der Waals surface area (Å²) in [6.07, 6.45) is 3.24. The van der Waals surface area contributed by atoms with Crippen LogP contribution in [0.1, 0.15) is 68.7 Å². The summed E-state index contributed by atoms with van der Waals surface area (Å²) in [6, 6.07) is 0. The first kappa shape index (κ1) is 22.0. The lowest BCUT2D eigenvalue weighted by Crippen LogP contribution is -2.55. The van der Waals surface area contributed by atoms with Gasteiger partial charge in [-0.15, -0.1) is 0 Å². The summed E-state index contributed by atoms with van der Waals surface area (Å²) in [4.78, 5) is 0. The summed E-state index contributed by atoms with van der Waals surface area (Å²) >= 11 is 0. The maximum atomic E-state index is 12.3. The van der Waals surface area contributed by atoms with Crippen molar-refractivity contribution in [1.29, 1.82) is 0 Å². The Hall–Kier alpha value is 0.300. The van der Waals surface area contributed by atoms with E-state index in [0.29, 0.717) is 23.7 Å². The molecule has 0 bridgehead atoms. The van der Waals surface area contributed by atoms with Crippen LogP contribution < -0.4 is 0 Å². The van der Waals surface area contributed by atoms with Gasteiger partial charge in [0.25, 0.3) is 10.1 Å². The van der Waals surface area contributed by atoms with Crippen LogP contribution >= 0.6 is 8.73 Å². The first-order valence-corrected chi connectivity index (χ1v) is 13.6. The molecule has 1 aliphatic heterocycles. The summed E-state index contributed by atoms with van der Waals surface area (Å²) in [5.74, 6) is 1.98. The van der Waals surface area contributed by atoms with E-state index in [2.05, 4.69) is 67.0 Å². The SMILES string of the molecule is CCPN1C2(C)C(C(C)C)C2(C)C(OS(C)(=O)=O)C2(C)C(C(C)CC)C12C. The summed E-state index contributed by atoms with van der Waals surface area (Å²) in [6.45, 7) is 20.8. The van der Waals surface area contributed by atoms with Crippen LogP contribution in [0.15, 0.2) is 0 Å². The van der Waals surface area contributed by atoms with Crippen molar-refractivity contribution < 1.29 is 12.6 Å². The van der Waals surface area contributed by atoms with Crippen molar-refractivity contribution in [3.8, 4) is 0 Å². The van der Waals surface area contributed by atoms with Crippen LogP contribution in [-0.4, -0.2) is 42.7 Å². The zero-order valence-corrected chi connectivity index (χ0v) is 20.7. The predicted molar refractivity (Wildman–Crippen MR) is 115 cm³/mol. The first-order valence-electron chi connectivity index (χ1n) is 10.6. The molecule has 0 aromatic carbocycles. The molecule has 1 heterocycles. The fourth-order valence-corrected chi connectivity index (χ4v) is 10.5. The standard InChI is InChI=1S/C21H40NO3PS/c1-11-14(5)16-19(7)17(25-27(10,23)24)18(6)15(13(3)4)20(18,8)22(26-12-2)21(16,19)9/h13-17,26H,11-12H2,1-10H3. The van der Waals surface area contributed by atoms with Crippen LogP contribution in [0, 0.1) is 34.5 Å². The molecule has 0 aromatic heterocycles. The van der Waals surface area contributed by atoms with Gasteiger partial charge < -0.3 is 0 Å². The maximum absolute atomic E-state index is 12.3. The van der Waals surface area contributed by atoms with E-state index in [-0.39, 0.29) is 28.0 Å². The largest absolute Gasteiger partial charge is 0.271 e. The van der Waals surface area contributed by atoms with Crippen LogP contribution in [0.5, 0.6) is 0 Å². The van der Waals surface area contributed by atoms with Crippen molar-refractivity contribution in [2.75, 3.05) is 12.4 Å². The number of piperidine rings is 1. The van der Waals surface area contributed by atoms with Crippen LogP contribution in [0.3, 0.4) is 0 Å². The number of fused-ring (bicyclic) bond motifs is 2. The van der Waals surface area contributed by atoms with E-state index in [1.807, 2.05) is 0 Å². The minimum absolute atomic E-state index is 0.00144. The van der Waals surface area contributed by atoms with E-state index in [0.717, 1.165) is 21.3 Å². The Morgan fingerprint density at radius 2 is 1.48 bits per heavy atom. The third kappa shape index (κ3) is 2.41. The smallest absolute Gasteiger partial charge is 0.264 e. The molecule has 9 unspecified atom stereocenters. The average molecular weight is 418 g/mol. The zero-order chi connectivity index (χ0) is 20.8. The quantitative estimate of drug-likeness (QED) is 0.443. The minimum atomic E-state index is -3.52. The summed E-state index contributed by atoms with van der Waals surface area (Å²) in [7, 11) is -2.74. The lowest BCUT2D eigenvalue weighted by atomic mass is 9.77. The number of hydrogen-bond donors (Lipinski definition) is 0. The van der Waals surface area contributed by atoms with Crippen LogP contribution in [0.2, 0.25) is 0 Å². The van der Waals surface area contributed by atoms with Crippen LogP contribution in [-0.2, 0) is 14.3 Å². The Labute approximate surface area is 169 Å². The third-order valence-corrected chi connectivity index (χ3v) is 11.1. The number of rotatable bonds is 7. The summed E-state index contributed by atoms with van der Waals surface area (Å²) in [5.41, 5.74) is -0.264. The van der Waals surface area contributed by atoms with E-state index in [4.69, 9.17) is 4.18 Å². The monoisotopic (exact) mass is 417 g/mol. The van der Waals surface area contributed by atoms with Gasteiger partial charge in [0, 0.05) is 21.9 Å². The molecule has 0 aromatic rings. The van der Waals surface area contributed by atoms with E-state index in [1.165, 1.54) is 6.26 Å². The lowest BCUT2D eigenvalue weighted by Gasteiger charge is -2.48. The highest BCUT2D eigenvalue weighted by Gasteiger charge is 2.94. The Morgan fingerprint density at radius 3 is 1.89 bits per heavy atom. The van der Waals surface area contributed by atoms with Crippen molar-refractivity contribution in [1.82, 2.24) is 4.67 Å². The molecule has 3 rings (SSSR count). The molecule has 6 heteroatoms. The average Bonchev–Trinajstić information content (AvgIpc) is 3.26. The van der Waals surface area contributed by atoms with E-state index in [1.54, 1.807) is 0 Å². The first-order chi connectivity index (χ1) is 12.2. The molecule has 1 saturated heterocycles.